The molecule has 0 bridgehead atoms. The van der Waals surface area contributed by atoms with E-state index in [1.165, 1.54) is 6.04 Å². The number of carbonyl (C=O) groups is 1. The lowest BCUT2D eigenvalue weighted by Gasteiger charge is -1.98. The summed E-state index contributed by atoms with van der Waals surface area (Å²) in [5.41, 5.74) is 0. The zero-order chi connectivity index (χ0) is 9.40. The average molecular weight is 205 g/mol. The van der Waals surface area contributed by atoms with Crippen LogP contribution < -0.4 is 0 Å². The summed E-state index contributed by atoms with van der Waals surface area (Å²) in [6, 6.07) is 1.31. The van der Waals surface area contributed by atoms with Gasteiger partial charge in [0.2, 0.25) is 5.24 Å². The molecule has 0 aliphatic carbocycles. The molecule has 0 unspecified atom stereocenters. The molecular weight excluding hydrogens is 188 g/mol. The number of halogens is 1. The van der Waals surface area contributed by atoms with Gasteiger partial charge in [-0.05, 0) is 31.9 Å². The standard InChI is InChI=1S/C9H17ClOSi/c1-3-8(2)12-7-5-4-6-9(10)11/h3H,4-7,12H2,1-2H3. The van der Waals surface area contributed by atoms with Crippen LogP contribution in [0.5, 0.6) is 0 Å². The van der Waals surface area contributed by atoms with Gasteiger partial charge in [0, 0.05) is 15.9 Å². The second-order valence-corrected chi connectivity index (χ2v) is 5.79. The Morgan fingerprint density at radius 2 is 2.17 bits per heavy atom. The highest BCUT2D eigenvalue weighted by Crippen LogP contribution is 2.04. The smallest absolute Gasteiger partial charge is 0.221 e. The number of rotatable bonds is 6. The molecule has 70 valence electrons. The van der Waals surface area contributed by atoms with Crippen LogP contribution in [-0.4, -0.2) is 14.8 Å². The third-order valence-electron chi connectivity index (χ3n) is 1.94. The first kappa shape index (κ1) is 11.9. The molecule has 0 amide bonds. The van der Waals surface area contributed by atoms with E-state index in [9.17, 15) is 4.79 Å². The van der Waals surface area contributed by atoms with Crippen molar-refractivity contribution in [3.63, 3.8) is 0 Å². The summed E-state index contributed by atoms with van der Waals surface area (Å²) in [6.07, 6.45) is 4.87. The Morgan fingerprint density at radius 1 is 1.50 bits per heavy atom. The van der Waals surface area contributed by atoms with Gasteiger partial charge in [0.05, 0.1) is 0 Å². The topological polar surface area (TPSA) is 17.1 Å². The quantitative estimate of drug-likeness (QED) is 0.369. The Balaban J connectivity index is 3.16. The van der Waals surface area contributed by atoms with Crippen molar-refractivity contribution in [2.45, 2.75) is 39.2 Å². The van der Waals surface area contributed by atoms with Gasteiger partial charge in [-0.25, -0.2) is 0 Å². The first-order valence-corrected chi connectivity index (χ1v) is 6.55. The van der Waals surface area contributed by atoms with Gasteiger partial charge >= 0.3 is 0 Å². The van der Waals surface area contributed by atoms with Gasteiger partial charge in [-0.1, -0.05) is 23.7 Å². The average Bonchev–Trinajstić information content (AvgIpc) is 2.03. The number of hydrogen-bond donors (Lipinski definition) is 0. The molecule has 0 aliphatic rings. The molecule has 3 heteroatoms. The molecule has 0 fully saturated rings. The summed E-state index contributed by atoms with van der Waals surface area (Å²) in [6.45, 7) is 4.28. The van der Waals surface area contributed by atoms with Crippen LogP contribution in [0.2, 0.25) is 6.04 Å². The van der Waals surface area contributed by atoms with Crippen molar-refractivity contribution < 1.29 is 4.79 Å². The molecule has 0 aromatic heterocycles. The molecule has 0 aromatic carbocycles. The van der Waals surface area contributed by atoms with Gasteiger partial charge in [0.25, 0.3) is 0 Å². The van der Waals surface area contributed by atoms with Gasteiger partial charge in [0.1, 0.15) is 0 Å². The summed E-state index contributed by atoms with van der Waals surface area (Å²) in [5.74, 6) is 0. The molecule has 12 heavy (non-hydrogen) atoms. The summed E-state index contributed by atoms with van der Waals surface area (Å²) in [5, 5.41) is 1.37. The zero-order valence-electron chi connectivity index (χ0n) is 7.90. The molecule has 0 atom stereocenters. The molecule has 0 heterocycles. The molecule has 0 radical (unpaired) electrons. The Kier molecular flexibility index (Phi) is 7.51. The van der Waals surface area contributed by atoms with Crippen LogP contribution in [0, 0.1) is 0 Å². The van der Waals surface area contributed by atoms with Crippen LogP contribution in [0.25, 0.3) is 0 Å². The van der Waals surface area contributed by atoms with E-state index in [1.807, 2.05) is 0 Å². The molecule has 0 saturated carbocycles. The molecule has 1 nitrogen and oxygen atoms in total. The Labute approximate surface area is 82.0 Å². The van der Waals surface area contributed by atoms with Crippen LogP contribution in [0.1, 0.15) is 33.1 Å². The van der Waals surface area contributed by atoms with Crippen molar-refractivity contribution >= 4 is 26.4 Å². The summed E-state index contributed by atoms with van der Waals surface area (Å²) in [4.78, 5) is 10.4. The Bertz CT molecular complexity index is 166. The monoisotopic (exact) mass is 204 g/mol. The fraction of sp³-hybridized carbons (Fsp3) is 0.667. The maximum absolute atomic E-state index is 10.4. The van der Waals surface area contributed by atoms with Crippen molar-refractivity contribution in [1.29, 1.82) is 0 Å². The van der Waals surface area contributed by atoms with Crippen molar-refractivity contribution in [1.82, 2.24) is 0 Å². The Morgan fingerprint density at radius 3 is 2.67 bits per heavy atom. The second-order valence-electron chi connectivity index (χ2n) is 3.05. The van der Waals surface area contributed by atoms with Gasteiger partial charge in [-0.2, -0.15) is 0 Å². The van der Waals surface area contributed by atoms with Crippen molar-refractivity contribution in [3.05, 3.63) is 11.3 Å². The fourth-order valence-corrected chi connectivity index (χ4v) is 2.57. The second kappa shape index (κ2) is 7.56. The molecule has 0 saturated heterocycles. The van der Waals surface area contributed by atoms with E-state index in [2.05, 4.69) is 19.9 Å². The third-order valence-corrected chi connectivity index (χ3v) is 4.18. The molecule has 0 rings (SSSR count). The lowest BCUT2D eigenvalue weighted by atomic mass is 10.3. The van der Waals surface area contributed by atoms with Crippen molar-refractivity contribution in [2.75, 3.05) is 0 Å². The highest BCUT2D eigenvalue weighted by atomic mass is 35.5. The summed E-state index contributed by atoms with van der Waals surface area (Å²) in [7, 11) is -0.00248. The number of carbonyl (C=O) groups excluding carboxylic acids is 1. The predicted molar refractivity (Wildman–Crippen MR) is 57.5 cm³/mol. The third kappa shape index (κ3) is 8.02. The van der Waals surface area contributed by atoms with Crippen molar-refractivity contribution in [3.8, 4) is 0 Å². The minimum Gasteiger partial charge on any atom is -0.281 e. The van der Waals surface area contributed by atoms with E-state index in [4.69, 9.17) is 11.6 Å². The summed E-state index contributed by atoms with van der Waals surface area (Å²) >= 11 is 5.21. The normalized spacial score (nSPS) is 12.8. The van der Waals surface area contributed by atoms with E-state index >= 15 is 0 Å². The zero-order valence-corrected chi connectivity index (χ0v) is 10.1. The largest absolute Gasteiger partial charge is 0.281 e. The maximum atomic E-state index is 10.4. The lowest BCUT2D eigenvalue weighted by molar-refractivity contribution is -0.111. The number of hydrogen-bond acceptors (Lipinski definition) is 1. The van der Waals surface area contributed by atoms with Gasteiger partial charge < -0.3 is 0 Å². The van der Waals surface area contributed by atoms with E-state index < -0.39 is 0 Å². The Hall–Kier alpha value is -0.0831. The minimum atomic E-state index is -0.195. The van der Waals surface area contributed by atoms with Gasteiger partial charge in [-0.15, -0.1) is 0 Å². The number of allylic oxidation sites excluding steroid dienone is 2. The van der Waals surface area contributed by atoms with Gasteiger partial charge in [-0.3, -0.25) is 4.79 Å². The SMILES string of the molecule is CC=C(C)[SiH2]CCCCC(=O)Cl. The van der Waals surface area contributed by atoms with Crippen molar-refractivity contribution in [2.24, 2.45) is 0 Å². The van der Waals surface area contributed by atoms with Crippen LogP contribution in [-0.2, 0) is 4.79 Å². The maximum Gasteiger partial charge on any atom is 0.221 e. The van der Waals surface area contributed by atoms with Crippen LogP contribution >= 0.6 is 11.6 Å². The lowest BCUT2D eigenvalue weighted by Crippen LogP contribution is -1.93. The summed E-state index contributed by atoms with van der Waals surface area (Å²) < 4.78 is 0. The first-order valence-electron chi connectivity index (χ1n) is 4.47. The number of unbranched alkanes of at least 4 members (excludes halogenated alkanes) is 1. The molecule has 0 spiro atoms. The van der Waals surface area contributed by atoms with Crippen LogP contribution in [0.15, 0.2) is 11.3 Å². The fourth-order valence-electron chi connectivity index (χ4n) is 0.989. The predicted octanol–water partition coefficient (Wildman–Crippen LogP) is 2.43. The highest BCUT2D eigenvalue weighted by molar-refractivity contribution is 6.63. The van der Waals surface area contributed by atoms with E-state index in [0.29, 0.717) is 6.42 Å². The highest BCUT2D eigenvalue weighted by Gasteiger charge is 1.96. The molecule has 0 aromatic rings. The molecule has 0 N–H and O–H groups in total. The van der Waals surface area contributed by atoms with E-state index in [-0.39, 0.29) is 14.8 Å². The molecular formula is C9H17ClOSi. The van der Waals surface area contributed by atoms with E-state index in [1.54, 1.807) is 5.20 Å². The van der Waals surface area contributed by atoms with Gasteiger partial charge in [0.15, 0.2) is 0 Å². The van der Waals surface area contributed by atoms with E-state index in [0.717, 1.165) is 12.8 Å². The van der Waals surface area contributed by atoms with Crippen LogP contribution in [0.3, 0.4) is 0 Å². The first-order chi connectivity index (χ1) is 5.66. The molecule has 0 aliphatic heterocycles. The van der Waals surface area contributed by atoms with Crippen LogP contribution in [0.4, 0.5) is 0 Å². The minimum absolute atomic E-state index is 0.00248.